The molecule has 0 atom stereocenters. The van der Waals surface area contributed by atoms with E-state index in [9.17, 15) is 0 Å². The van der Waals surface area contributed by atoms with Crippen molar-refractivity contribution in [3.63, 3.8) is 0 Å². The number of fused-ring (bicyclic) bond motifs is 1. The van der Waals surface area contributed by atoms with Crippen LogP contribution in [0.15, 0.2) is 35.0 Å². The largest absolute Gasteiger partial charge is 0.361 e. The summed E-state index contributed by atoms with van der Waals surface area (Å²) >= 11 is 0. The predicted octanol–water partition coefficient (Wildman–Crippen LogP) is 3.49. The van der Waals surface area contributed by atoms with Crippen molar-refractivity contribution in [3.05, 3.63) is 36.4 Å². The fourth-order valence-electron chi connectivity index (χ4n) is 2.37. The molecule has 0 saturated heterocycles. The van der Waals surface area contributed by atoms with Gasteiger partial charge in [-0.25, -0.2) is 0 Å². The molecular weight excluding hydrogens is 226 g/mol. The van der Waals surface area contributed by atoms with E-state index in [2.05, 4.69) is 21.2 Å². The highest BCUT2D eigenvalue weighted by Crippen LogP contribution is 2.36. The second-order valence-electron chi connectivity index (χ2n) is 4.86. The van der Waals surface area contributed by atoms with Crippen LogP contribution in [0, 0.1) is 0 Å². The first kappa shape index (κ1) is 9.88. The van der Waals surface area contributed by atoms with Gasteiger partial charge in [-0.3, -0.25) is 0 Å². The molecule has 2 aromatic heterocycles. The highest BCUT2D eigenvalue weighted by Gasteiger charge is 2.25. The van der Waals surface area contributed by atoms with Gasteiger partial charge in [0.15, 0.2) is 0 Å². The van der Waals surface area contributed by atoms with Crippen LogP contribution in [-0.2, 0) is 0 Å². The number of rotatable bonds is 2. The zero-order chi connectivity index (χ0) is 11.9. The average molecular weight is 239 g/mol. The maximum atomic E-state index is 5.35. The number of nitrogens with zero attached hydrogens (tertiary/aromatic N) is 2. The van der Waals surface area contributed by atoms with Crippen molar-refractivity contribution in [2.24, 2.45) is 0 Å². The molecule has 1 aliphatic carbocycles. The summed E-state index contributed by atoms with van der Waals surface area (Å²) < 4.78 is 5.35. The Hall–Kier alpha value is -2.10. The van der Waals surface area contributed by atoms with Crippen molar-refractivity contribution in [1.82, 2.24) is 15.1 Å². The van der Waals surface area contributed by atoms with Crippen LogP contribution in [0.2, 0.25) is 0 Å². The summed E-state index contributed by atoms with van der Waals surface area (Å²) in [5.74, 6) is 1.98. The first-order valence-corrected chi connectivity index (χ1v) is 6.31. The lowest BCUT2D eigenvalue weighted by atomic mass is 9.85. The Morgan fingerprint density at radius 1 is 1.22 bits per heavy atom. The summed E-state index contributed by atoms with van der Waals surface area (Å²) in [7, 11) is 0. The molecule has 4 rings (SSSR count). The lowest BCUT2D eigenvalue weighted by molar-refractivity contribution is 0.292. The van der Waals surface area contributed by atoms with Gasteiger partial charge in [-0.2, -0.15) is 4.98 Å². The van der Waals surface area contributed by atoms with Gasteiger partial charge in [0, 0.05) is 28.6 Å². The fourth-order valence-corrected chi connectivity index (χ4v) is 2.37. The second-order valence-corrected chi connectivity index (χ2v) is 4.86. The zero-order valence-electron chi connectivity index (χ0n) is 9.89. The Morgan fingerprint density at radius 3 is 3.00 bits per heavy atom. The molecular formula is C14H13N3O. The van der Waals surface area contributed by atoms with E-state index in [0.717, 1.165) is 17.0 Å². The van der Waals surface area contributed by atoms with Gasteiger partial charge >= 0.3 is 0 Å². The minimum absolute atomic E-state index is 0.488. The smallest absolute Gasteiger partial charge is 0.230 e. The summed E-state index contributed by atoms with van der Waals surface area (Å²) in [5, 5.41) is 5.25. The third kappa shape index (κ3) is 1.45. The number of hydrogen-bond donors (Lipinski definition) is 1. The van der Waals surface area contributed by atoms with Gasteiger partial charge in [0.2, 0.25) is 11.7 Å². The fraction of sp³-hybridized carbons (Fsp3) is 0.286. The summed E-state index contributed by atoms with van der Waals surface area (Å²) in [6.07, 6.45) is 5.57. The maximum Gasteiger partial charge on any atom is 0.230 e. The Bertz CT molecular complexity index is 694. The van der Waals surface area contributed by atoms with Crippen molar-refractivity contribution in [1.29, 1.82) is 0 Å². The molecule has 1 aromatic carbocycles. The highest BCUT2D eigenvalue weighted by molar-refractivity contribution is 5.83. The SMILES string of the molecule is c1cc2cc(-c3noc(C4CCC4)n3)ccc2[nH]1. The van der Waals surface area contributed by atoms with Crippen molar-refractivity contribution in [3.8, 4) is 11.4 Å². The molecule has 0 radical (unpaired) electrons. The van der Waals surface area contributed by atoms with E-state index in [1.54, 1.807) is 0 Å². The molecule has 18 heavy (non-hydrogen) atoms. The number of nitrogens with one attached hydrogen (secondary N) is 1. The van der Waals surface area contributed by atoms with Crippen LogP contribution in [0.5, 0.6) is 0 Å². The van der Waals surface area contributed by atoms with E-state index in [1.807, 2.05) is 24.4 Å². The molecule has 0 aliphatic heterocycles. The third-order valence-corrected chi connectivity index (χ3v) is 3.71. The standard InChI is InChI=1S/C14H13N3O/c1-2-9(3-1)14-16-13(17-18-14)11-4-5-12-10(8-11)6-7-15-12/h4-9,15H,1-3H2. The van der Waals surface area contributed by atoms with E-state index in [4.69, 9.17) is 4.52 Å². The van der Waals surface area contributed by atoms with Crippen LogP contribution in [-0.4, -0.2) is 15.1 Å². The number of benzene rings is 1. The molecule has 0 unspecified atom stereocenters. The van der Waals surface area contributed by atoms with Crippen LogP contribution < -0.4 is 0 Å². The number of H-pyrrole nitrogens is 1. The summed E-state index contributed by atoms with van der Waals surface area (Å²) in [5.41, 5.74) is 2.14. The Labute approximate surface area is 104 Å². The van der Waals surface area contributed by atoms with Gasteiger partial charge < -0.3 is 9.51 Å². The molecule has 1 aliphatic rings. The first-order chi connectivity index (χ1) is 8.90. The quantitative estimate of drug-likeness (QED) is 0.744. The number of hydrogen-bond acceptors (Lipinski definition) is 3. The molecule has 4 heteroatoms. The number of aromatic amines is 1. The molecule has 1 N–H and O–H groups in total. The Kier molecular flexibility index (Phi) is 2.03. The maximum absolute atomic E-state index is 5.35. The predicted molar refractivity (Wildman–Crippen MR) is 68.2 cm³/mol. The Balaban J connectivity index is 1.74. The molecule has 0 spiro atoms. The number of aromatic nitrogens is 3. The minimum Gasteiger partial charge on any atom is -0.361 e. The molecule has 0 amide bonds. The minimum atomic E-state index is 0.488. The molecule has 2 heterocycles. The molecule has 1 saturated carbocycles. The van der Waals surface area contributed by atoms with Gasteiger partial charge in [0.25, 0.3) is 0 Å². The van der Waals surface area contributed by atoms with Crippen LogP contribution in [0.25, 0.3) is 22.3 Å². The average Bonchev–Trinajstić information content (AvgIpc) is 2.93. The second kappa shape index (κ2) is 3.70. The highest BCUT2D eigenvalue weighted by atomic mass is 16.5. The van der Waals surface area contributed by atoms with Gasteiger partial charge in [0.1, 0.15) is 0 Å². The monoisotopic (exact) mass is 239 g/mol. The van der Waals surface area contributed by atoms with Gasteiger partial charge in [-0.1, -0.05) is 11.6 Å². The summed E-state index contributed by atoms with van der Waals surface area (Å²) in [6.45, 7) is 0. The molecule has 90 valence electrons. The van der Waals surface area contributed by atoms with E-state index in [1.165, 1.54) is 24.6 Å². The molecule has 3 aromatic rings. The third-order valence-electron chi connectivity index (χ3n) is 3.71. The zero-order valence-corrected chi connectivity index (χ0v) is 9.89. The molecule has 4 nitrogen and oxygen atoms in total. The van der Waals surface area contributed by atoms with Gasteiger partial charge in [-0.15, -0.1) is 0 Å². The van der Waals surface area contributed by atoms with E-state index in [0.29, 0.717) is 11.7 Å². The van der Waals surface area contributed by atoms with E-state index in [-0.39, 0.29) is 0 Å². The van der Waals surface area contributed by atoms with E-state index >= 15 is 0 Å². The normalized spacial score (nSPS) is 16.0. The van der Waals surface area contributed by atoms with E-state index < -0.39 is 0 Å². The summed E-state index contributed by atoms with van der Waals surface area (Å²) in [6, 6.07) is 8.20. The van der Waals surface area contributed by atoms with Gasteiger partial charge in [-0.05, 0) is 37.1 Å². The van der Waals surface area contributed by atoms with Crippen LogP contribution >= 0.6 is 0 Å². The topological polar surface area (TPSA) is 54.7 Å². The lowest BCUT2D eigenvalue weighted by Gasteiger charge is -2.20. The van der Waals surface area contributed by atoms with Crippen LogP contribution in [0.1, 0.15) is 31.1 Å². The van der Waals surface area contributed by atoms with Crippen molar-refractivity contribution in [2.75, 3.05) is 0 Å². The van der Waals surface area contributed by atoms with Crippen LogP contribution in [0.3, 0.4) is 0 Å². The summed E-state index contributed by atoms with van der Waals surface area (Å²) in [4.78, 5) is 7.68. The first-order valence-electron chi connectivity index (χ1n) is 6.31. The Morgan fingerprint density at radius 2 is 2.17 bits per heavy atom. The van der Waals surface area contributed by atoms with Crippen molar-refractivity contribution >= 4 is 10.9 Å². The van der Waals surface area contributed by atoms with Crippen LogP contribution in [0.4, 0.5) is 0 Å². The van der Waals surface area contributed by atoms with Gasteiger partial charge in [0.05, 0.1) is 0 Å². The lowest BCUT2D eigenvalue weighted by Crippen LogP contribution is -2.08. The van der Waals surface area contributed by atoms with Crippen molar-refractivity contribution < 1.29 is 4.52 Å². The molecule has 0 bridgehead atoms. The van der Waals surface area contributed by atoms with Crippen molar-refractivity contribution in [2.45, 2.75) is 25.2 Å². The molecule has 1 fully saturated rings.